The number of thiazole rings is 1. The molecule has 0 aliphatic heterocycles. The Kier molecular flexibility index (Phi) is 4.12. The van der Waals surface area contributed by atoms with E-state index >= 15 is 0 Å². The highest BCUT2D eigenvalue weighted by Crippen LogP contribution is 2.29. The second-order valence-corrected chi connectivity index (χ2v) is 5.61. The Labute approximate surface area is 106 Å². The van der Waals surface area contributed by atoms with Gasteiger partial charge < -0.3 is 4.74 Å². The molecule has 1 saturated carbocycles. The molecular formula is C12H18N2O2S. The van der Waals surface area contributed by atoms with E-state index in [0.29, 0.717) is 19.2 Å². The monoisotopic (exact) mass is 254 g/mol. The quantitative estimate of drug-likeness (QED) is 0.728. The first-order valence-corrected chi connectivity index (χ1v) is 6.81. The van der Waals surface area contributed by atoms with E-state index in [1.54, 1.807) is 11.3 Å². The van der Waals surface area contributed by atoms with Crippen molar-refractivity contribution < 1.29 is 9.53 Å². The molecule has 5 heteroatoms. The van der Waals surface area contributed by atoms with E-state index in [-0.39, 0.29) is 5.97 Å². The van der Waals surface area contributed by atoms with Gasteiger partial charge in [-0.15, -0.1) is 11.3 Å². The van der Waals surface area contributed by atoms with Gasteiger partial charge in [-0.3, -0.25) is 9.69 Å². The molecule has 0 spiro atoms. The van der Waals surface area contributed by atoms with Crippen LogP contribution in [-0.4, -0.2) is 35.0 Å². The minimum Gasteiger partial charge on any atom is -0.465 e. The van der Waals surface area contributed by atoms with Gasteiger partial charge in [0, 0.05) is 23.7 Å². The second-order valence-electron chi connectivity index (χ2n) is 4.29. The van der Waals surface area contributed by atoms with Crippen molar-refractivity contribution in [2.75, 3.05) is 13.2 Å². The summed E-state index contributed by atoms with van der Waals surface area (Å²) in [5.74, 6) is -0.124. The first-order chi connectivity index (χ1) is 8.19. The van der Waals surface area contributed by atoms with Crippen LogP contribution in [0.25, 0.3) is 0 Å². The summed E-state index contributed by atoms with van der Waals surface area (Å²) in [5.41, 5.74) is 0. The highest BCUT2D eigenvalue weighted by Gasteiger charge is 2.30. The van der Waals surface area contributed by atoms with Crippen molar-refractivity contribution in [3.8, 4) is 0 Å². The van der Waals surface area contributed by atoms with Crippen LogP contribution in [0.1, 0.15) is 29.7 Å². The minimum absolute atomic E-state index is 0.124. The molecule has 1 heterocycles. The summed E-state index contributed by atoms with van der Waals surface area (Å²) in [5, 5.41) is 1.08. The molecule has 0 aromatic carbocycles. The number of carbonyl (C=O) groups excluding carboxylic acids is 1. The molecule has 17 heavy (non-hydrogen) atoms. The molecule has 1 aliphatic carbocycles. The summed E-state index contributed by atoms with van der Waals surface area (Å²) in [4.78, 5) is 19.2. The molecule has 1 aliphatic rings. The second kappa shape index (κ2) is 5.60. The Balaban J connectivity index is 1.91. The molecule has 2 rings (SSSR count). The van der Waals surface area contributed by atoms with Crippen LogP contribution in [0.5, 0.6) is 0 Å². The van der Waals surface area contributed by atoms with Crippen LogP contribution in [0.2, 0.25) is 0 Å². The van der Waals surface area contributed by atoms with Crippen molar-refractivity contribution in [3.63, 3.8) is 0 Å². The van der Waals surface area contributed by atoms with Crippen LogP contribution >= 0.6 is 11.3 Å². The number of ether oxygens (including phenoxy) is 1. The molecule has 1 fully saturated rings. The van der Waals surface area contributed by atoms with Gasteiger partial charge in [0.05, 0.1) is 18.2 Å². The number of hydrogen-bond donors (Lipinski definition) is 0. The van der Waals surface area contributed by atoms with E-state index in [0.717, 1.165) is 11.6 Å². The van der Waals surface area contributed by atoms with E-state index in [9.17, 15) is 4.79 Å². The lowest BCUT2D eigenvalue weighted by atomic mass is 10.4. The molecular weight excluding hydrogens is 236 g/mol. The first kappa shape index (κ1) is 12.5. The fourth-order valence-corrected chi connectivity index (χ4v) is 2.63. The lowest BCUT2D eigenvalue weighted by Gasteiger charge is -2.19. The van der Waals surface area contributed by atoms with Crippen molar-refractivity contribution in [1.82, 2.24) is 9.88 Å². The molecule has 0 bridgehead atoms. The normalized spacial score (nSPS) is 15.2. The Hall–Kier alpha value is -0.940. The predicted octanol–water partition coefficient (Wildman–Crippen LogP) is 1.98. The maximum atomic E-state index is 11.5. The fourth-order valence-electron chi connectivity index (χ4n) is 1.80. The van der Waals surface area contributed by atoms with Gasteiger partial charge in [-0.05, 0) is 26.7 Å². The number of aryl methyl sites for hydroxylation is 1. The van der Waals surface area contributed by atoms with Gasteiger partial charge in [0.2, 0.25) is 0 Å². The maximum Gasteiger partial charge on any atom is 0.320 e. The predicted molar refractivity (Wildman–Crippen MR) is 66.9 cm³/mol. The molecule has 0 unspecified atom stereocenters. The molecule has 0 radical (unpaired) electrons. The molecule has 0 atom stereocenters. The smallest absolute Gasteiger partial charge is 0.320 e. The van der Waals surface area contributed by atoms with Crippen molar-refractivity contribution in [2.24, 2.45) is 0 Å². The standard InChI is InChI=1S/C12H18N2O2S/c1-3-16-12(15)8-14(10-4-5-10)7-11-6-13-9(2)17-11/h6,10H,3-5,7-8H2,1-2H3. The third-order valence-electron chi connectivity index (χ3n) is 2.73. The number of carbonyl (C=O) groups is 1. The minimum atomic E-state index is -0.124. The number of aromatic nitrogens is 1. The zero-order valence-electron chi connectivity index (χ0n) is 10.3. The number of esters is 1. The summed E-state index contributed by atoms with van der Waals surface area (Å²) >= 11 is 1.70. The van der Waals surface area contributed by atoms with E-state index in [1.165, 1.54) is 17.7 Å². The van der Waals surface area contributed by atoms with Gasteiger partial charge in [-0.1, -0.05) is 0 Å². The molecule has 0 amide bonds. The van der Waals surface area contributed by atoms with Crippen molar-refractivity contribution in [3.05, 3.63) is 16.1 Å². The highest BCUT2D eigenvalue weighted by atomic mass is 32.1. The van der Waals surface area contributed by atoms with Crippen molar-refractivity contribution in [1.29, 1.82) is 0 Å². The SMILES string of the molecule is CCOC(=O)CN(Cc1cnc(C)s1)C1CC1. The van der Waals surface area contributed by atoms with Crippen LogP contribution in [0, 0.1) is 6.92 Å². The van der Waals surface area contributed by atoms with Crippen LogP contribution < -0.4 is 0 Å². The van der Waals surface area contributed by atoms with E-state index < -0.39 is 0 Å². The summed E-state index contributed by atoms with van der Waals surface area (Å²) < 4.78 is 5.00. The van der Waals surface area contributed by atoms with Gasteiger partial charge in [-0.2, -0.15) is 0 Å². The van der Waals surface area contributed by atoms with Gasteiger partial charge in [0.15, 0.2) is 0 Å². The van der Waals surface area contributed by atoms with Crippen molar-refractivity contribution >= 4 is 17.3 Å². The largest absolute Gasteiger partial charge is 0.465 e. The summed E-state index contributed by atoms with van der Waals surface area (Å²) in [7, 11) is 0. The lowest BCUT2D eigenvalue weighted by Crippen LogP contribution is -2.32. The average Bonchev–Trinajstić information content (AvgIpc) is 3.03. The molecule has 4 nitrogen and oxygen atoms in total. The third kappa shape index (κ3) is 3.78. The number of hydrogen-bond acceptors (Lipinski definition) is 5. The highest BCUT2D eigenvalue weighted by molar-refractivity contribution is 7.11. The lowest BCUT2D eigenvalue weighted by molar-refractivity contribution is -0.144. The Morgan fingerprint density at radius 2 is 2.41 bits per heavy atom. The topological polar surface area (TPSA) is 42.4 Å². The van der Waals surface area contributed by atoms with Crippen LogP contribution in [0.4, 0.5) is 0 Å². The van der Waals surface area contributed by atoms with Gasteiger partial charge in [-0.25, -0.2) is 4.98 Å². The van der Waals surface area contributed by atoms with Crippen molar-refractivity contribution in [2.45, 2.75) is 39.3 Å². The van der Waals surface area contributed by atoms with E-state index in [2.05, 4.69) is 9.88 Å². The van der Waals surface area contributed by atoms with Crippen LogP contribution in [0.3, 0.4) is 0 Å². The first-order valence-electron chi connectivity index (χ1n) is 6.00. The van der Waals surface area contributed by atoms with Crippen LogP contribution in [0.15, 0.2) is 6.20 Å². The summed E-state index contributed by atoms with van der Waals surface area (Å²) in [6.45, 7) is 5.51. The Bertz CT molecular complexity index is 388. The molecule has 94 valence electrons. The van der Waals surface area contributed by atoms with E-state index in [4.69, 9.17) is 4.74 Å². The Morgan fingerprint density at radius 1 is 1.65 bits per heavy atom. The Morgan fingerprint density at radius 3 is 2.94 bits per heavy atom. The van der Waals surface area contributed by atoms with Gasteiger partial charge >= 0.3 is 5.97 Å². The summed E-state index contributed by atoms with van der Waals surface area (Å²) in [6, 6.07) is 0.557. The van der Waals surface area contributed by atoms with Crippen LogP contribution in [-0.2, 0) is 16.1 Å². The molecule has 0 saturated heterocycles. The zero-order valence-corrected chi connectivity index (χ0v) is 11.1. The maximum absolute atomic E-state index is 11.5. The molecule has 1 aromatic rings. The molecule has 0 N–H and O–H groups in total. The van der Waals surface area contributed by atoms with Gasteiger partial charge in [0.25, 0.3) is 0 Å². The van der Waals surface area contributed by atoms with Gasteiger partial charge in [0.1, 0.15) is 0 Å². The van der Waals surface area contributed by atoms with E-state index in [1.807, 2.05) is 20.0 Å². The summed E-state index contributed by atoms with van der Waals surface area (Å²) in [6.07, 6.45) is 4.29. The zero-order chi connectivity index (χ0) is 12.3. The molecule has 1 aromatic heterocycles. The third-order valence-corrected chi connectivity index (χ3v) is 3.63. The average molecular weight is 254 g/mol. The fraction of sp³-hybridized carbons (Fsp3) is 0.667. The number of rotatable bonds is 6. The number of nitrogens with zero attached hydrogens (tertiary/aromatic N) is 2.